The summed E-state index contributed by atoms with van der Waals surface area (Å²) in [5.74, 6) is 1.33. The number of hydrogen-bond acceptors (Lipinski definition) is 6. The van der Waals surface area contributed by atoms with E-state index in [9.17, 15) is 9.18 Å². The number of nitrogens with zero attached hydrogens (tertiary/aromatic N) is 3. The van der Waals surface area contributed by atoms with Crippen LogP contribution >= 0.6 is 11.8 Å². The van der Waals surface area contributed by atoms with Crippen molar-refractivity contribution in [3.05, 3.63) is 59.7 Å². The van der Waals surface area contributed by atoms with Gasteiger partial charge in [0, 0.05) is 12.7 Å². The number of anilines is 1. The third-order valence-corrected chi connectivity index (χ3v) is 5.06. The number of methoxy groups -OCH3 is 1. The van der Waals surface area contributed by atoms with E-state index in [-0.39, 0.29) is 18.3 Å². The quantitative estimate of drug-likeness (QED) is 0.566. The van der Waals surface area contributed by atoms with Crippen LogP contribution in [0.1, 0.15) is 11.4 Å². The Labute approximate surface area is 172 Å². The van der Waals surface area contributed by atoms with Crippen LogP contribution in [-0.2, 0) is 18.4 Å². The minimum absolute atomic E-state index is 0.120. The van der Waals surface area contributed by atoms with Gasteiger partial charge in [-0.25, -0.2) is 4.39 Å². The molecule has 1 amide bonds. The van der Waals surface area contributed by atoms with Crippen molar-refractivity contribution in [2.75, 3.05) is 18.2 Å². The molecule has 0 saturated heterocycles. The van der Waals surface area contributed by atoms with Crippen LogP contribution in [0.15, 0.2) is 47.6 Å². The lowest BCUT2D eigenvalue weighted by Gasteiger charge is -2.11. The van der Waals surface area contributed by atoms with Crippen molar-refractivity contribution in [3.63, 3.8) is 0 Å². The smallest absolute Gasteiger partial charge is 0.234 e. The molecule has 0 aliphatic carbocycles. The van der Waals surface area contributed by atoms with Gasteiger partial charge in [0.25, 0.3) is 0 Å². The Morgan fingerprint density at radius 3 is 2.79 bits per heavy atom. The first kappa shape index (κ1) is 20.7. The van der Waals surface area contributed by atoms with Crippen LogP contribution in [0.3, 0.4) is 0 Å². The average molecular weight is 416 g/mol. The molecule has 3 rings (SSSR count). The molecule has 1 N–H and O–H groups in total. The minimum Gasteiger partial charge on any atom is -0.493 e. The van der Waals surface area contributed by atoms with Crippen molar-refractivity contribution in [2.24, 2.45) is 7.05 Å². The summed E-state index contributed by atoms with van der Waals surface area (Å²) in [6.07, 6.45) is 0. The Hall–Kier alpha value is -3.07. The zero-order valence-electron chi connectivity index (χ0n) is 16.3. The number of benzene rings is 2. The Bertz CT molecular complexity index is 1010. The Kier molecular flexibility index (Phi) is 6.71. The Morgan fingerprint density at radius 1 is 1.21 bits per heavy atom. The molecular weight excluding hydrogens is 395 g/mol. The van der Waals surface area contributed by atoms with Crippen LogP contribution in [0.25, 0.3) is 0 Å². The van der Waals surface area contributed by atoms with E-state index in [1.807, 2.05) is 25.1 Å². The van der Waals surface area contributed by atoms with E-state index in [0.29, 0.717) is 28.2 Å². The van der Waals surface area contributed by atoms with Gasteiger partial charge in [0.1, 0.15) is 12.4 Å². The number of hydrogen-bond donors (Lipinski definition) is 1. The van der Waals surface area contributed by atoms with Crippen LogP contribution in [0.2, 0.25) is 0 Å². The summed E-state index contributed by atoms with van der Waals surface area (Å²) in [6, 6.07) is 11.4. The SMILES string of the molecule is COc1cc(C)ccc1OCc1nnc(SCC(=O)Nc2cccc(F)c2)n1C. The van der Waals surface area contributed by atoms with Crippen molar-refractivity contribution in [1.82, 2.24) is 14.8 Å². The highest BCUT2D eigenvalue weighted by Crippen LogP contribution is 2.28. The summed E-state index contributed by atoms with van der Waals surface area (Å²) in [4.78, 5) is 12.1. The number of nitrogens with one attached hydrogen (secondary N) is 1. The van der Waals surface area contributed by atoms with Crippen LogP contribution < -0.4 is 14.8 Å². The first-order chi connectivity index (χ1) is 14.0. The topological polar surface area (TPSA) is 78.3 Å². The zero-order valence-corrected chi connectivity index (χ0v) is 17.1. The summed E-state index contributed by atoms with van der Waals surface area (Å²) in [5, 5.41) is 11.4. The van der Waals surface area contributed by atoms with Gasteiger partial charge in [-0.15, -0.1) is 10.2 Å². The number of aromatic nitrogens is 3. The third-order valence-electron chi connectivity index (χ3n) is 4.04. The second-order valence-electron chi connectivity index (χ2n) is 6.25. The maximum atomic E-state index is 13.2. The van der Waals surface area contributed by atoms with Crippen LogP contribution in [0.5, 0.6) is 11.5 Å². The molecule has 9 heteroatoms. The van der Waals surface area contributed by atoms with Gasteiger partial charge in [-0.05, 0) is 42.8 Å². The molecule has 7 nitrogen and oxygen atoms in total. The van der Waals surface area contributed by atoms with Gasteiger partial charge in [0.2, 0.25) is 5.91 Å². The van der Waals surface area contributed by atoms with Crippen molar-refractivity contribution in [2.45, 2.75) is 18.7 Å². The number of halogens is 1. The Morgan fingerprint density at radius 2 is 2.03 bits per heavy atom. The van der Waals surface area contributed by atoms with Crippen molar-refractivity contribution < 1.29 is 18.7 Å². The Balaban J connectivity index is 1.56. The molecule has 2 aromatic carbocycles. The molecule has 29 heavy (non-hydrogen) atoms. The molecule has 0 atom stereocenters. The monoisotopic (exact) mass is 416 g/mol. The maximum absolute atomic E-state index is 13.2. The first-order valence-electron chi connectivity index (χ1n) is 8.80. The first-order valence-corrected chi connectivity index (χ1v) is 9.78. The fraction of sp³-hybridized carbons (Fsp3) is 0.250. The normalized spacial score (nSPS) is 10.6. The van der Waals surface area contributed by atoms with E-state index < -0.39 is 5.82 Å². The predicted octanol–water partition coefficient (Wildman–Crippen LogP) is 3.58. The van der Waals surface area contributed by atoms with E-state index in [1.54, 1.807) is 24.8 Å². The maximum Gasteiger partial charge on any atom is 0.234 e. The number of aryl methyl sites for hydroxylation is 1. The number of rotatable bonds is 8. The minimum atomic E-state index is -0.404. The van der Waals surface area contributed by atoms with E-state index in [1.165, 1.54) is 30.0 Å². The molecule has 3 aromatic rings. The highest BCUT2D eigenvalue weighted by molar-refractivity contribution is 7.99. The average Bonchev–Trinajstić information content (AvgIpc) is 3.05. The van der Waals surface area contributed by atoms with Crippen molar-refractivity contribution >= 4 is 23.4 Å². The summed E-state index contributed by atoms with van der Waals surface area (Å²) in [7, 11) is 3.39. The molecule has 1 aromatic heterocycles. The molecule has 0 bridgehead atoms. The molecule has 0 aliphatic rings. The number of carbonyl (C=O) groups is 1. The van der Waals surface area contributed by atoms with Gasteiger partial charge in [-0.2, -0.15) is 0 Å². The number of amides is 1. The fourth-order valence-corrected chi connectivity index (χ4v) is 3.26. The zero-order chi connectivity index (χ0) is 20.8. The molecule has 0 radical (unpaired) electrons. The standard InChI is InChI=1S/C20H21FN4O3S/c1-13-7-8-16(17(9-13)27-3)28-11-18-23-24-20(25(18)2)29-12-19(26)22-15-6-4-5-14(21)10-15/h4-10H,11-12H2,1-3H3,(H,22,26). The summed E-state index contributed by atoms with van der Waals surface area (Å²) < 4.78 is 26.1. The van der Waals surface area contributed by atoms with Crippen molar-refractivity contribution in [3.8, 4) is 11.5 Å². The highest BCUT2D eigenvalue weighted by atomic mass is 32.2. The lowest BCUT2D eigenvalue weighted by atomic mass is 10.2. The largest absolute Gasteiger partial charge is 0.493 e. The number of thioether (sulfide) groups is 1. The lowest BCUT2D eigenvalue weighted by Crippen LogP contribution is -2.14. The van der Waals surface area contributed by atoms with E-state index in [4.69, 9.17) is 9.47 Å². The molecule has 152 valence electrons. The molecule has 0 fully saturated rings. The number of carbonyl (C=O) groups excluding carboxylic acids is 1. The van der Waals surface area contributed by atoms with Crippen molar-refractivity contribution in [1.29, 1.82) is 0 Å². The van der Waals surface area contributed by atoms with Crippen LogP contribution in [0, 0.1) is 12.7 Å². The molecule has 0 unspecified atom stereocenters. The van der Waals surface area contributed by atoms with Crippen LogP contribution in [-0.4, -0.2) is 33.5 Å². The van der Waals surface area contributed by atoms with Gasteiger partial charge in [0.05, 0.1) is 12.9 Å². The summed E-state index contributed by atoms with van der Waals surface area (Å²) in [5.41, 5.74) is 1.48. The molecular formula is C20H21FN4O3S. The second kappa shape index (κ2) is 9.42. The van der Waals surface area contributed by atoms with Gasteiger partial charge in [-0.3, -0.25) is 4.79 Å². The number of ether oxygens (including phenoxy) is 2. The summed E-state index contributed by atoms with van der Waals surface area (Å²) in [6.45, 7) is 2.18. The van der Waals surface area contributed by atoms with E-state index in [0.717, 1.165) is 5.56 Å². The predicted molar refractivity (Wildman–Crippen MR) is 109 cm³/mol. The fourth-order valence-electron chi connectivity index (χ4n) is 2.53. The molecule has 0 aliphatic heterocycles. The molecule has 0 spiro atoms. The second-order valence-corrected chi connectivity index (χ2v) is 7.19. The van der Waals surface area contributed by atoms with Gasteiger partial charge in [-0.1, -0.05) is 23.9 Å². The molecule has 0 saturated carbocycles. The van der Waals surface area contributed by atoms with Gasteiger partial charge in [0.15, 0.2) is 22.5 Å². The van der Waals surface area contributed by atoms with Crippen LogP contribution in [0.4, 0.5) is 10.1 Å². The molecule has 1 heterocycles. The lowest BCUT2D eigenvalue weighted by molar-refractivity contribution is -0.113. The third kappa shape index (κ3) is 5.47. The van der Waals surface area contributed by atoms with Gasteiger partial charge >= 0.3 is 0 Å². The van der Waals surface area contributed by atoms with Gasteiger partial charge < -0.3 is 19.4 Å². The van der Waals surface area contributed by atoms with E-state index in [2.05, 4.69) is 15.5 Å². The summed E-state index contributed by atoms with van der Waals surface area (Å²) >= 11 is 1.23. The highest BCUT2D eigenvalue weighted by Gasteiger charge is 2.13. The van der Waals surface area contributed by atoms with E-state index >= 15 is 0 Å².